The molecule has 0 atom stereocenters. The topological polar surface area (TPSA) is 54.4 Å². The Hall–Kier alpha value is -0.870. The van der Waals surface area contributed by atoms with Gasteiger partial charge in [-0.1, -0.05) is 23.8 Å². The molecule has 0 aromatic heterocycles. The Balaban J connectivity index is 2.94. The van der Waals surface area contributed by atoms with Crippen LogP contribution in [0.5, 0.6) is 0 Å². The van der Waals surface area contributed by atoms with Crippen molar-refractivity contribution in [3.63, 3.8) is 0 Å². The minimum atomic E-state index is -3.28. The normalized spacial score (nSPS) is 12.8. The van der Waals surface area contributed by atoms with Crippen LogP contribution in [0.2, 0.25) is 0 Å². The van der Waals surface area contributed by atoms with Crippen LogP contribution >= 0.6 is 0 Å². The van der Waals surface area contributed by atoms with Crippen molar-refractivity contribution in [2.45, 2.75) is 39.0 Å². The summed E-state index contributed by atoms with van der Waals surface area (Å²) in [5.41, 5.74) is 1.64. The van der Waals surface area contributed by atoms with E-state index in [1.807, 2.05) is 32.0 Å². The molecule has 1 aromatic rings. The number of hydrogen-bond donors (Lipinski definition) is 1. The first-order valence-corrected chi connectivity index (χ1v) is 7.40. The molecule has 0 unspecified atom stereocenters. The van der Waals surface area contributed by atoms with Crippen molar-refractivity contribution in [1.29, 1.82) is 0 Å². The number of aliphatic hydroxyl groups is 1. The van der Waals surface area contributed by atoms with Gasteiger partial charge in [-0.15, -0.1) is 0 Å². The highest BCUT2D eigenvalue weighted by Gasteiger charge is 2.24. The molecule has 0 bridgehead atoms. The van der Waals surface area contributed by atoms with Gasteiger partial charge in [0, 0.05) is 0 Å². The van der Waals surface area contributed by atoms with Crippen LogP contribution in [0.15, 0.2) is 18.2 Å². The van der Waals surface area contributed by atoms with E-state index in [4.69, 9.17) is 0 Å². The first-order valence-electron chi connectivity index (χ1n) is 5.58. The van der Waals surface area contributed by atoms with E-state index in [0.717, 1.165) is 16.7 Å². The van der Waals surface area contributed by atoms with E-state index in [1.165, 1.54) is 13.8 Å². The summed E-state index contributed by atoms with van der Waals surface area (Å²) in [7, 11) is -3.28. The molecule has 1 aromatic carbocycles. The van der Waals surface area contributed by atoms with E-state index in [9.17, 15) is 13.5 Å². The van der Waals surface area contributed by atoms with E-state index in [-0.39, 0.29) is 11.5 Å². The zero-order chi connectivity index (χ0) is 13.3. The fraction of sp³-hybridized carbons (Fsp3) is 0.538. The smallest absolute Gasteiger partial charge is 0.157 e. The Morgan fingerprint density at radius 1 is 1.24 bits per heavy atom. The van der Waals surface area contributed by atoms with Gasteiger partial charge in [0.05, 0.1) is 17.1 Å². The van der Waals surface area contributed by atoms with Gasteiger partial charge in [-0.3, -0.25) is 0 Å². The lowest BCUT2D eigenvalue weighted by Gasteiger charge is -2.17. The van der Waals surface area contributed by atoms with Crippen LogP contribution in [0.4, 0.5) is 0 Å². The van der Waals surface area contributed by atoms with Crippen molar-refractivity contribution in [2.75, 3.05) is 5.75 Å². The fourth-order valence-electron chi connectivity index (χ4n) is 1.78. The molecular formula is C13H20O3S. The highest BCUT2D eigenvalue weighted by Crippen LogP contribution is 2.17. The van der Waals surface area contributed by atoms with Crippen LogP contribution in [-0.2, 0) is 15.6 Å². The third kappa shape index (κ3) is 4.88. The number of rotatable bonds is 4. The van der Waals surface area contributed by atoms with E-state index in [2.05, 4.69) is 0 Å². The van der Waals surface area contributed by atoms with Gasteiger partial charge in [0.1, 0.15) is 0 Å². The van der Waals surface area contributed by atoms with Crippen LogP contribution in [0.25, 0.3) is 0 Å². The fourth-order valence-corrected chi connectivity index (χ4v) is 3.75. The first kappa shape index (κ1) is 14.2. The maximum atomic E-state index is 11.9. The molecule has 0 heterocycles. The molecule has 1 rings (SSSR count). The van der Waals surface area contributed by atoms with Gasteiger partial charge in [0.15, 0.2) is 9.84 Å². The highest BCUT2D eigenvalue weighted by atomic mass is 32.2. The van der Waals surface area contributed by atoms with Gasteiger partial charge >= 0.3 is 0 Å². The third-order valence-electron chi connectivity index (χ3n) is 2.45. The van der Waals surface area contributed by atoms with Gasteiger partial charge in [-0.25, -0.2) is 8.42 Å². The molecule has 1 N–H and O–H groups in total. The summed E-state index contributed by atoms with van der Waals surface area (Å²) < 4.78 is 23.8. The summed E-state index contributed by atoms with van der Waals surface area (Å²) in [5.74, 6) is -0.224. The number of hydrogen-bond acceptors (Lipinski definition) is 3. The second-order valence-corrected chi connectivity index (χ2v) is 7.34. The van der Waals surface area contributed by atoms with Crippen molar-refractivity contribution < 1.29 is 13.5 Å². The average Bonchev–Trinajstić information content (AvgIpc) is 2.06. The molecule has 3 nitrogen and oxygen atoms in total. The van der Waals surface area contributed by atoms with Crippen LogP contribution in [0, 0.1) is 13.8 Å². The molecule has 0 amide bonds. The summed E-state index contributed by atoms with van der Waals surface area (Å²) in [6, 6.07) is 5.77. The van der Waals surface area contributed by atoms with Gasteiger partial charge < -0.3 is 5.11 Å². The Bertz CT molecular complexity index is 496. The lowest BCUT2D eigenvalue weighted by molar-refractivity contribution is 0.105. The lowest BCUT2D eigenvalue weighted by atomic mass is 10.1. The Kier molecular flexibility index (Phi) is 3.99. The van der Waals surface area contributed by atoms with Crippen molar-refractivity contribution in [1.82, 2.24) is 0 Å². The van der Waals surface area contributed by atoms with Gasteiger partial charge in [0.2, 0.25) is 0 Å². The average molecular weight is 256 g/mol. The maximum Gasteiger partial charge on any atom is 0.157 e. The van der Waals surface area contributed by atoms with Crippen LogP contribution in [-0.4, -0.2) is 24.9 Å². The van der Waals surface area contributed by atoms with Crippen molar-refractivity contribution in [2.24, 2.45) is 0 Å². The van der Waals surface area contributed by atoms with E-state index in [0.29, 0.717) is 0 Å². The second-order valence-electron chi connectivity index (χ2n) is 5.27. The molecule has 0 aliphatic heterocycles. The molecule has 0 saturated heterocycles. The van der Waals surface area contributed by atoms with E-state index < -0.39 is 15.4 Å². The molecule has 0 aliphatic carbocycles. The van der Waals surface area contributed by atoms with Gasteiger partial charge in [-0.05, 0) is 38.8 Å². The summed E-state index contributed by atoms with van der Waals surface area (Å²) in [5, 5.41) is 9.58. The predicted octanol–water partition coefficient (Wildman–Crippen LogP) is 1.99. The molecule has 4 heteroatoms. The number of aryl methyl sites for hydroxylation is 2. The molecule has 0 radical (unpaired) electrons. The highest BCUT2D eigenvalue weighted by molar-refractivity contribution is 7.90. The standard InChI is InChI=1S/C13H20O3S/c1-10-5-6-11(2)12(7-10)8-17(15,16)9-13(3,4)14/h5-7,14H,8-9H2,1-4H3. The third-order valence-corrected chi connectivity index (χ3v) is 4.35. The molecular weight excluding hydrogens is 236 g/mol. The second kappa shape index (κ2) is 4.78. The quantitative estimate of drug-likeness (QED) is 0.896. The minimum Gasteiger partial charge on any atom is -0.389 e. The Labute approximate surface area is 103 Å². The summed E-state index contributed by atoms with van der Waals surface area (Å²) in [6.45, 7) is 6.85. The summed E-state index contributed by atoms with van der Waals surface area (Å²) in [4.78, 5) is 0. The Morgan fingerprint density at radius 3 is 2.35 bits per heavy atom. The molecule has 17 heavy (non-hydrogen) atoms. The van der Waals surface area contributed by atoms with Crippen molar-refractivity contribution in [3.8, 4) is 0 Å². The lowest BCUT2D eigenvalue weighted by Crippen LogP contribution is -2.30. The van der Waals surface area contributed by atoms with Crippen LogP contribution in [0.3, 0.4) is 0 Å². The SMILES string of the molecule is Cc1ccc(C)c(CS(=O)(=O)CC(C)(C)O)c1. The maximum absolute atomic E-state index is 11.9. The minimum absolute atomic E-state index is 0.00942. The molecule has 0 spiro atoms. The van der Waals surface area contributed by atoms with Gasteiger partial charge in [0.25, 0.3) is 0 Å². The van der Waals surface area contributed by atoms with Crippen molar-refractivity contribution in [3.05, 3.63) is 34.9 Å². The van der Waals surface area contributed by atoms with Crippen LogP contribution < -0.4 is 0 Å². The van der Waals surface area contributed by atoms with Gasteiger partial charge in [-0.2, -0.15) is 0 Å². The molecule has 96 valence electrons. The number of sulfone groups is 1. The zero-order valence-corrected chi connectivity index (χ0v) is 11.6. The number of benzene rings is 1. The zero-order valence-electron chi connectivity index (χ0n) is 10.8. The van der Waals surface area contributed by atoms with E-state index >= 15 is 0 Å². The summed E-state index contributed by atoms with van der Waals surface area (Å²) in [6.07, 6.45) is 0. The van der Waals surface area contributed by atoms with Crippen molar-refractivity contribution >= 4 is 9.84 Å². The molecule has 0 aliphatic rings. The van der Waals surface area contributed by atoms with E-state index in [1.54, 1.807) is 0 Å². The molecule has 0 saturated carbocycles. The Morgan fingerprint density at radius 2 is 1.82 bits per heavy atom. The summed E-state index contributed by atoms with van der Waals surface area (Å²) >= 11 is 0. The molecule has 0 fully saturated rings. The largest absolute Gasteiger partial charge is 0.389 e. The predicted molar refractivity (Wildman–Crippen MR) is 69.7 cm³/mol. The monoisotopic (exact) mass is 256 g/mol. The first-order chi connectivity index (χ1) is 7.59. The van der Waals surface area contributed by atoms with Crippen LogP contribution in [0.1, 0.15) is 30.5 Å².